The van der Waals surface area contributed by atoms with Crippen molar-refractivity contribution >= 4 is 22.8 Å². The minimum absolute atomic E-state index is 0.00731. The lowest BCUT2D eigenvalue weighted by atomic mass is 10.2. The Labute approximate surface area is 134 Å². The van der Waals surface area contributed by atoms with Crippen LogP contribution in [0.3, 0.4) is 0 Å². The Morgan fingerprint density at radius 3 is 2.58 bits per heavy atom. The molecule has 0 saturated heterocycles. The van der Waals surface area contributed by atoms with Gasteiger partial charge in [0.05, 0.1) is 23.1 Å². The molecule has 0 aliphatic rings. The number of carbonyl (C=O) groups excluding carboxylic acids is 1. The first kappa shape index (κ1) is 15.4. The molecule has 0 aliphatic heterocycles. The van der Waals surface area contributed by atoms with Crippen LogP contribution >= 0.6 is 0 Å². The van der Waals surface area contributed by atoms with Crippen LogP contribution < -0.4 is 5.63 Å². The molecule has 0 radical (unpaired) electrons. The molecule has 24 heavy (non-hydrogen) atoms. The smallest absolute Gasteiger partial charge is 0.359 e. The molecule has 9 heteroatoms. The number of aryl methyl sites for hydroxylation is 1. The molecule has 0 unspecified atom stereocenters. The van der Waals surface area contributed by atoms with Crippen LogP contribution in [0.4, 0.5) is 5.69 Å². The van der Waals surface area contributed by atoms with Gasteiger partial charge >= 0.3 is 11.6 Å². The van der Waals surface area contributed by atoms with Crippen molar-refractivity contribution < 1.29 is 18.9 Å². The number of hydrogen-bond acceptors (Lipinski definition) is 7. The number of hydrogen-bond donors (Lipinski definition) is 0. The molecule has 0 fully saturated rings. The zero-order chi connectivity index (χ0) is 17.4. The fourth-order valence-corrected chi connectivity index (χ4v) is 2.36. The SMILES string of the molecule is COC(=O)c1nn(-c2ccc([N+](=O)[O-])cc2)c2oc(=O)cc(C)c12. The summed E-state index contributed by atoms with van der Waals surface area (Å²) < 4.78 is 11.1. The predicted molar refractivity (Wildman–Crippen MR) is 82.3 cm³/mol. The van der Waals surface area contributed by atoms with E-state index in [0.29, 0.717) is 16.6 Å². The van der Waals surface area contributed by atoms with Crippen LogP contribution in [0.2, 0.25) is 0 Å². The molecule has 0 amide bonds. The van der Waals surface area contributed by atoms with Crippen LogP contribution in [0.5, 0.6) is 0 Å². The van der Waals surface area contributed by atoms with Crippen molar-refractivity contribution in [2.45, 2.75) is 6.92 Å². The zero-order valence-electron chi connectivity index (χ0n) is 12.7. The van der Waals surface area contributed by atoms with Crippen LogP contribution in [0, 0.1) is 17.0 Å². The number of nitro benzene ring substituents is 1. The summed E-state index contributed by atoms with van der Waals surface area (Å²) in [5.74, 6) is -0.683. The third-order valence-corrected chi connectivity index (χ3v) is 3.45. The molecule has 1 aromatic carbocycles. The highest BCUT2D eigenvalue weighted by Crippen LogP contribution is 2.25. The zero-order valence-corrected chi connectivity index (χ0v) is 12.7. The molecule has 9 nitrogen and oxygen atoms in total. The number of ether oxygens (including phenoxy) is 1. The lowest BCUT2D eigenvalue weighted by Gasteiger charge is -2.02. The fourth-order valence-electron chi connectivity index (χ4n) is 2.36. The molecule has 0 spiro atoms. The highest BCUT2D eigenvalue weighted by Gasteiger charge is 2.23. The van der Waals surface area contributed by atoms with E-state index < -0.39 is 16.5 Å². The van der Waals surface area contributed by atoms with E-state index in [1.807, 2.05) is 0 Å². The first-order valence-corrected chi connectivity index (χ1v) is 6.79. The van der Waals surface area contributed by atoms with Crippen molar-refractivity contribution in [1.82, 2.24) is 9.78 Å². The topological polar surface area (TPSA) is 117 Å². The molecular formula is C15H11N3O6. The molecule has 2 aromatic heterocycles. The minimum Gasteiger partial charge on any atom is -0.464 e. The van der Waals surface area contributed by atoms with Gasteiger partial charge in [-0.25, -0.2) is 9.59 Å². The van der Waals surface area contributed by atoms with E-state index in [1.165, 1.54) is 42.1 Å². The Kier molecular flexibility index (Phi) is 3.60. The van der Waals surface area contributed by atoms with Gasteiger partial charge in [-0.2, -0.15) is 9.78 Å². The van der Waals surface area contributed by atoms with Gasteiger partial charge in [-0.3, -0.25) is 10.1 Å². The van der Waals surface area contributed by atoms with Gasteiger partial charge in [0.15, 0.2) is 5.69 Å². The quantitative estimate of drug-likeness (QED) is 0.409. The molecule has 122 valence electrons. The van der Waals surface area contributed by atoms with Gasteiger partial charge in [0, 0.05) is 18.2 Å². The van der Waals surface area contributed by atoms with E-state index in [9.17, 15) is 19.7 Å². The molecular weight excluding hydrogens is 318 g/mol. The van der Waals surface area contributed by atoms with Crippen molar-refractivity contribution in [2.24, 2.45) is 0 Å². The summed E-state index contributed by atoms with van der Waals surface area (Å²) in [5, 5.41) is 15.2. The van der Waals surface area contributed by atoms with Crippen molar-refractivity contribution in [2.75, 3.05) is 7.11 Å². The van der Waals surface area contributed by atoms with Crippen LogP contribution in [-0.2, 0) is 4.74 Å². The van der Waals surface area contributed by atoms with Crippen LogP contribution in [-0.4, -0.2) is 27.8 Å². The number of esters is 1. The summed E-state index contributed by atoms with van der Waals surface area (Å²) in [6.45, 7) is 1.65. The molecule has 0 N–H and O–H groups in total. The fraction of sp³-hybridized carbons (Fsp3) is 0.133. The van der Waals surface area contributed by atoms with Crippen molar-refractivity contribution in [3.8, 4) is 5.69 Å². The van der Waals surface area contributed by atoms with Crippen molar-refractivity contribution in [3.05, 3.63) is 62.1 Å². The summed E-state index contributed by atoms with van der Waals surface area (Å²) in [6.07, 6.45) is 0. The number of carbonyl (C=O) groups is 1. The van der Waals surface area contributed by atoms with Crippen molar-refractivity contribution in [3.63, 3.8) is 0 Å². The van der Waals surface area contributed by atoms with Gasteiger partial charge in [-0.05, 0) is 24.6 Å². The van der Waals surface area contributed by atoms with Gasteiger partial charge in [0.2, 0.25) is 5.71 Å². The maximum Gasteiger partial charge on any atom is 0.359 e. The number of nitro groups is 1. The predicted octanol–water partition coefficient (Wildman–Crippen LogP) is 1.98. The third-order valence-electron chi connectivity index (χ3n) is 3.45. The first-order valence-electron chi connectivity index (χ1n) is 6.79. The highest BCUT2D eigenvalue weighted by molar-refractivity contribution is 6.02. The Bertz CT molecular complexity index is 1020. The van der Waals surface area contributed by atoms with E-state index in [4.69, 9.17) is 9.15 Å². The van der Waals surface area contributed by atoms with E-state index >= 15 is 0 Å². The molecule has 0 atom stereocenters. The second-order valence-electron chi connectivity index (χ2n) is 4.95. The molecule has 0 aliphatic carbocycles. The van der Waals surface area contributed by atoms with E-state index in [-0.39, 0.29) is 17.1 Å². The number of benzene rings is 1. The Morgan fingerprint density at radius 1 is 1.33 bits per heavy atom. The van der Waals surface area contributed by atoms with Gasteiger partial charge in [-0.15, -0.1) is 0 Å². The average Bonchev–Trinajstić information content (AvgIpc) is 2.93. The van der Waals surface area contributed by atoms with E-state index in [0.717, 1.165) is 0 Å². The van der Waals surface area contributed by atoms with Gasteiger partial charge in [0.25, 0.3) is 5.69 Å². The van der Waals surface area contributed by atoms with Gasteiger partial charge < -0.3 is 9.15 Å². The third kappa shape index (κ3) is 2.41. The summed E-state index contributed by atoms with van der Waals surface area (Å²) in [5.41, 5.74) is 0.270. The molecule has 3 aromatic rings. The Balaban J connectivity index is 2.30. The standard InChI is InChI=1S/C15H11N3O6/c1-8-7-11(19)24-14-12(8)13(15(20)23-2)16-17(14)9-3-5-10(6-4-9)18(21)22/h3-7H,1-2H3. The van der Waals surface area contributed by atoms with Crippen LogP contribution in [0.15, 0.2) is 39.5 Å². The first-order chi connectivity index (χ1) is 11.4. The summed E-state index contributed by atoms with van der Waals surface area (Å²) >= 11 is 0. The number of aromatic nitrogens is 2. The molecule has 2 heterocycles. The number of fused-ring (bicyclic) bond motifs is 1. The van der Waals surface area contributed by atoms with Gasteiger partial charge in [-0.1, -0.05) is 0 Å². The van der Waals surface area contributed by atoms with E-state index in [2.05, 4.69) is 5.10 Å². The maximum atomic E-state index is 11.9. The summed E-state index contributed by atoms with van der Waals surface area (Å²) in [4.78, 5) is 33.8. The number of methoxy groups -OCH3 is 1. The van der Waals surface area contributed by atoms with Crippen LogP contribution in [0.1, 0.15) is 16.1 Å². The molecule has 0 bridgehead atoms. The van der Waals surface area contributed by atoms with Gasteiger partial charge in [0.1, 0.15) is 0 Å². The lowest BCUT2D eigenvalue weighted by molar-refractivity contribution is -0.384. The second kappa shape index (κ2) is 5.61. The maximum absolute atomic E-state index is 11.9. The Morgan fingerprint density at radius 2 is 2.00 bits per heavy atom. The number of rotatable bonds is 3. The average molecular weight is 329 g/mol. The number of non-ortho nitro benzene ring substituents is 1. The summed E-state index contributed by atoms with van der Waals surface area (Å²) in [6, 6.07) is 6.70. The lowest BCUT2D eigenvalue weighted by Crippen LogP contribution is -2.04. The monoisotopic (exact) mass is 329 g/mol. The van der Waals surface area contributed by atoms with Crippen LogP contribution in [0.25, 0.3) is 16.8 Å². The summed E-state index contributed by atoms with van der Waals surface area (Å²) in [7, 11) is 1.22. The van der Waals surface area contributed by atoms with Crippen molar-refractivity contribution in [1.29, 1.82) is 0 Å². The van der Waals surface area contributed by atoms with E-state index in [1.54, 1.807) is 6.92 Å². The normalized spacial score (nSPS) is 10.8. The molecule has 0 saturated carbocycles. The largest absolute Gasteiger partial charge is 0.464 e. The highest BCUT2D eigenvalue weighted by atomic mass is 16.6. The number of nitrogens with zero attached hydrogens (tertiary/aromatic N) is 3. The molecule has 3 rings (SSSR count). The second-order valence-corrected chi connectivity index (χ2v) is 4.95. The minimum atomic E-state index is -0.683. The Hall–Kier alpha value is -3.49.